The average Bonchev–Trinajstić information content (AvgIpc) is 2.42. The van der Waals surface area contributed by atoms with Crippen molar-refractivity contribution >= 4 is 28.7 Å². The Morgan fingerprint density at radius 1 is 1.32 bits per heavy atom. The first-order valence-electron chi connectivity index (χ1n) is 5.81. The Morgan fingerprint density at radius 2 is 2.11 bits per heavy atom. The van der Waals surface area contributed by atoms with Crippen molar-refractivity contribution in [1.82, 2.24) is 4.98 Å². The quantitative estimate of drug-likeness (QED) is 0.820. The largest absolute Gasteiger partial charge is 0.389 e. The maximum Gasteiger partial charge on any atom is 0.140 e. The van der Waals surface area contributed by atoms with Crippen LogP contribution in [0.5, 0.6) is 0 Å². The molecule has 0 radical (unpaired) electrons. The first-order chi connectivity index (χ1) is 9.22. The Labute approximate surface area is 117 Å². The van der Waals surface area contributed by atoms with Crippen LogP contribution < -0.4 is 11.1 Å². The number of thiocarbonyl (C=S) groups is 1. The SMILES string of the molecule is COCc1ccccc1Nc1ncccc1C(N)=S. The van der Waals surface area contributed by atoms with Crippen LogP contribution in [0.15, 0.2) is 42.6 Å². The van der Waals surface area contributed by atoms with Crippen LogP contribution in [0.25, 0.3) is 0 Å². The normalized spacial score (nSPS) is 10.2. The summed E-state index contributed by atoms with van der Waals surface area (Å²) >= 11 is 5.02. The lowest BCUT2D eigenvalue weighted by Gasteiger charge is -2.13. The number of benzene rings is 1. The minimum absolute atomic E-state index is 0.319. The highest BCUT2D eigenvalue weighted by molar-refractivity contribution is 7.80. The molecule has 0 unspecified atom stereocenters. The number of nitrogens with zero attached hydrogens (tertiary/aromatic N) is 1. The summed E-state index contributed by atoms with van der Waals surface area (Å²) in [6, 6.07) is 11.5. The van der Waals surface area contributed by atoms with Gasteiger partial charge in [0.1, 0.15) is 10.8 Å². The zero-order valence-electron chi connectivity index (χ0n) is 10.6. The number of pyridine rings is 1. The van der Waals surface area contributed by atoms with Crippen LogP contribution in [0, 0.1) is 0 Å². The van der Waals surface area contributed by atoms with Crippen LogP contribution in [0.1, 0.15) is 11.1 Å². The molecule has 0 aliphatic rings. The van der Waals surface area contributed by atoms with Crippen molar-refractivity contribution in [3.05, 3.63) is 53.7 Å². The number of aromatic nitrogens is 1. The molecular formula is C14H15N3OS. The molecule has 1 aromatic heterocycles. The minimum atomic E-state index is 0.319. The standard InChI is InChI=1S/C14H15N3OS/c1-18-9-10-5-2-3-7-12(10)17-14-11(13(15)19)6-4-8-16-14/h2-8H,9H2,1H3,(H2,15,19)(H,16,17). The number of rotatable bonds is 5. The van der Waals surface area contributed by atoms with Crippen LogP contribution in [-0.4, -0.2) is 17.1 Å². The summed E-state index contributed by atoms with van der Waals surface area (Å²) in [6.45, 7) is 0.526. The molecule has 0 bridgehead atoms. The second-order valence-electron chi connectivity index (χ2n) is 3.98. The predicted molar refractivity (Wildman–Crippen MR) is 80.6 cm³/mol. The van der Waals surface area contributed by atoms with E-state index < -0.39 is 0 Å². The Morgan fingerprint density at radius 3 is 2.84 bits per heavy atom. The molecule has 0 aliphatic heterocycles. The summed E-state index contributed by atoms with van der Waals surface area (Å²) < 4.78 is 5.17. The molecular weight excluding hydrogens is 258 g/mol. The molecule has 0 saturated heterocycles. The number of hydrogen-bond acceptors (Lipinski definition) is 4. The van der Waals surface area contributed by atoms with Gasteiger partial charge in [0, 0.05) is 24.6 Å². The zero-order chi connectivity index (χ0) is 13.7. The number of ether oxygens (including phenoxy) is 1. The van der Waals surface area contributed by atoms with Crippen LogP contribution in [-0.2, 0) is 11.3 Å². The van der Waals surface area contributed by atoms with E-state index >= 15 is 0 Å². The van der Waals surface area contributed by atoms with Gasteiger partial charge in [0.05, 0.1) is 12.2 Å². The third-order valence-electron chi connectivity index (χ3n) is 2.64. The van der Waals surface area contributed by atoms with Gasteiger partial charge in [0.25, 0.3) is 0 Å². The Hall–Kier alpha value is -1.98. The lowest BCUT2D eigenvalue weighted by molar-refractivity contribution is 0.185. The van der Waals surface area contributed by atoms with Gasteiger partial charge in [-0.2, -0.15) is 0 Å². The summed E-state index contributed by atoms with van der Waals surface area (Å²) in [7, 11) is 1.66. The first kappa shape index (κ1) is 13.5. The molecule has 1 heterocycles. The van der Waals surface area contributed by atoms with Crippen molar-refractivity contribution in [1.29, 1.82) is 0 Å². The van der Waals surface area contributed by atoms with Crippen molar-refractivity contribution in [3.63, 3.8) is 0 Å². The minimum Gasteiger partial charge on any atom is -0.389 e. The maximum absolute atomic E-state index is 5.69. The molecule has 0 saturated carbocycles. The van der Waals surface area contributed by atoms with Crippen molar-refractivity contribution in [2.45, 2.75) is 6.61 Å². The molecule has 0 atom stereocenters. The molecule has 98 valence electrons. The highest BCUT2D eigenvalue weighted by Gasteiger charge is 2.08. The molecule has 0 aliphatic carbocycles. The molecule has 2 aromatic rings. The number of para-hydroxylation sites is 1. The van der Waals surface area contributed by atoms with Crippen molar-refractivity contribution in [2.24, 2.45) is 5.73 Å². The molecule has 19 heavy (non-hydrogen) atoms. The lowest BCUT2D eigenvalue weighted by atomic mass is 10.1. The molecule has 4 nitrogen and oxygen atoms in total. The molecule has 3 N–H and O–H groups in total. The highest BCUT2D eigenvalue weighted by Crippen LogP contribution is 2.22. The van der Waals surface area contributed by atoms with E-state index in [9.17, 15) is 0 Å². The summed E-state index contributed by atoms with van der Waals surface area (Å²) in [5, 5.41) is 3.25. The van der Waals surface area contributed by atoms with Crippen LogP contribution in [0.2, 0.25) is 0 Å². The summed E-state index contributed by atoms with van der Waals surface area (Å²) in [6.07, 6.45) is 1.70. The fraction of sp³-hybridized carbons (Fsp3) is 0.143. The summed E-state index contributed by atoms with van der Waals surface area (Å²) in [5.74, 6) is 0.651. The average molecular weight is 273 g/mol. The molecule has 5 heteroatoms. The van der Waals surface area contributed by atoms with Crippen LogP contribution >= 0.6 is 12.2 Å². The van der Waals surface area contributed by atoms with Crippen molar-refractivity contribution in [2.75, 3.05) is 12.4 Å². The van der Waals surface area contributed by atoms with Gasteiger partial charge in [0.15, 0.2) is 0 Å². The van der Waals surface area contributed by atoms with E-state index in [-0.39, 0.29) is 0 Å². The fourth-order valence-corrected chi connectivity index (χ4v) is 1.92. The summed E-state index contributed by atoms with van der Waals surface area (Å²) in [5.41, 5.74) is 8.40. The third-order valence-corrected chi connectivity index (χ3v) is 2.86. The third kappa shape index (κ3) is 3.27. The smallest absolute Gasteiger partial charge is 0.140 e. The van der Waals surface area contributed by atoms with Crippen molar-refractivity contribution in [3.8, 4) is 0 Å². The van der Waals surface area contributed by atoms with Gasteiger partial charge in [-0.05, 0) is 18.2 Å². The summed E-state index contributed by atoms with van der Waals surface area (Å²) in [4.78, 5) is 4.60. The van der Waals surface area contributed by atoms with Gasteiger partial charge >= 0.3 is 0 Å². The number of nitrogens with one attached hydrogen (secondary N) is 1. The predicted octanol–water partition coefficient (Wildman–Crippen LogP) is 2.61. The Bertz CT molecular complexity index is 586. The van der Waals surface area contributed by atoms with E-state index in [1.54, 1.807) is 19.4 Å². The monoisotopic (exact) mass is 273 g/mol. The second-order valence-corrected chi connectivity index (χ2v) is 4.42. The van der Waals surface area contributed by atoms with Gasteiger partial charge in [-0.15, -0.1) is 0 Å². The van der Waals surface area contributed by atoms with Gasteiger partial charge < -0.3 is 15.8 Å². The van der Waals surface area contributed by atoms with E-state index in [1.165, 1.54) is 0 Å². The van der Waals surface area contributed by atoms with Gasteiger partial charge in [-0.1, -0.05) is 30.4 Å². The van der Waals surface area contributed by atoms with E-state index in [1.807, 2.05) is 30.3 Å². The maximum atomic E-state index is 5.69. The number of anilines is 2. The lowest BCUT2D eigenvalue weighted by Crippen LogP contribution is -2.13. The van der Waals surface area contributed by atoms with Crippen molar-refractivity contribution < 1.29 is 4.74 Å². The second kappa shape index (κ2) is 6.26. The Kier molecular flexibility index (Phi) is 4.43. The molecule has 0 fully saturated rings. The van der Waals surface area contributed by atoms with Crippen LogP contribution in [0.4, 0.5) is 11.5 Å². The highest BCUT2D eigenvalue weighted by atomic mass is 32.1. The number of hydrogen-bond donors (Lipinski definition) is 2. The Balaban J connectivity index is 2.34. The van der Waals surface area contributed by atoms with E-state index in [2.05, 4.69) is 10.3 Å². The fourth-order valence-electron chi connectivity index (χ4n) is 1.75. The van der Waals surface area contributed by atoms with E-state index in [0.29, 0.717) is 17.4 Å². The number of nitrogens with two attached hydrogens (primary N) is 1. The zero-order valence-corrected chi connectivity index (χ0v) is 11.4. The van der Waals surface area contributed by atoms with E-state index in [4.69, 9.17) is 22.7 Å². The molecule has 2 rings (SSSR count). The van der Waals surface area contributed by atoms with Crippen LogP contribution in [0.3, 0.4) is 0 Å². The molecule has 1 aromatic carbocycles. The number of methoxy groups -OCH3 is 1. The topological polar surface area (TPSA) is 60.2 Å². The van der Waals surface area contributed by atoms with Gasteiger partial charge in [-0.3, -0.25) is 0 Å². The first-order valence-corrected chi connectivity index (χ1v) is 6.22. The van der Waals surface area contributed by atoms with Gasteiger partial charge in [-0.25, -0.2) is 4.98 Å². The van der Waals surface area contributed by atoms with Gasteiger partial charge in [0.2, 0.25) is 0 Å². The van der Waals surface area contributed by atoms with E-state index in [0.717, 1.165) is 16.8 Å². The molecule has 0 amide bonds. The molecule has 0 spiro atoms.